The first-order valence-corrected chi connectivity index (χ1v) is 6.14. The van der Waals surface area contributed by atoms with Crippen LogP contribution in [0.4, 0.5) is 0 Å². The molecule has 4 heteroatoms. The van der Waals surface area contributed by atoms with Crippen LogP contribution in [0.3, 0.4) is 0 Å². The van der Waals surface area contributed by atoms with Crippen LogP contribution in [0.5, 0.6) is 5.75 Å². The summed E-state index contributed by atoms with van der Waals surface area (Å²) in [6.07, 6.45) is 0. The maximum absolute atomic E-state index is 9.68. The number of aromatic hydroxyl groups is 1. The molecule has 0 fully saturated rings. The average molecular weight is 335 g/mol. The van der Waals surface area contributed by atoms with Gasteiger partial charge in [-0.15, -0.1) is 0 Å². The molecule has 82 valence electrons. The van der Waals surface area contributed by atoms with E-state index >= 15 is 0 Å². The second-order valence-corrected chi connectivity index (χ2v) is 5.36. The summed E-state index contributed by atoms with van der Waals surface area (Å²) < 4.78 is 1.85. The highest BCUT2D eigenvalue weighted by atomic mass is 79.9. The molecule has 0 amide bonds. The summed E-state index contributed by atoms with van der Waals surface area (Å²) in [5.41, 5.74) is 0.873. The van der Waals surface area contributed by atoms with Gasteiger partial charge in [-0.2, -0.15) is 0 Å². The smallest absolute Gasteiger partial charge is 0.120 e. The number of phenolic OH excluding ortho intramolecular Hbond substituents is 1. The van der Waals surface area contributed by atoms with E-state index < -0.39 is 0 Å². The lowest BCUT2D eigenvalue weighted by atomic mass is 10.1. The molecular weight excluding hydrogens is 322 g/mol. The van der Waals surface area contributed by atoms with Crippen LogP contribution >= 0.6 is 31.9 Å². The maximum Gasteiger partial charge on any atom is 0.120 e. The minimum absolute atomic E-state index is 0.0804. The molecule has 0 bridgehead atoms. The van der Waals surface area contributed by atoms with Crippen LogP contribution in [0.2, 0.25) is 0 Å². The summed E-state index contributed by atoms with van der Waals surface area (Å²) in [4.78, 5) is 0. The molecule has 0 aliphatic carbocycles. The molecule has 1 aromatic carbocycles. The third-order valence-electron chi connectivity index (χ3n) is 2.06. The molecule has 1 aromatic rings. The van der Waals surface area contributed by atoms with Crippen molar-refractivity contribution in [2.75, 3.05) is 6.54 Å². The van der Waals surface area contributed by atoms with E-state index in [1.165, 1.54) is 0 Å². The van der Waals surface area contributed by atoms with E-state index in [9.17, 15) is 5.11 Å². The highest BCUT2D eigenvalue weighted by Gasteiger charge is 2.09. The second kappa shape index (κ2) is 5.68. The van der Waals surface area contributed by atoms with Gasteiger partial charge >= 0.3 is 0 Å². The van der Waals surface area contributed by atoms with Crippen LogP contribution in [0.1, 0.15) is 18.5 Å². The highest BCUT2D eigenvalue weighted by Crippen LogP contribution is 2.27. The van der Waals surface area contributed by atoms with Crippen molar-refractivity contribution in [1.29, 1.82) is 0 Å². The molecule has 0 radical (unpaired) electrons. The van der Waals surface area contributed by atoms with E-state index in [-0.39, 0.29) is 6.04 Å². The largest absolute Gasteiger partial charge is 0.508 e. The Morgan fingerprint density at radius 3 is 2.87 bits per heavy atom. The summed E-state index contributed by atoms with van der Waals surface area (Å²) in [7, 11) is 0. The topological polar surface area (TPSA) is 32.3 Å². The molecule has 0 aliphatic rings. The first kappa shape index (κ1) is 12.7. The summed E-state index contributed by atoms with van der Waals surface area (Å²) in [5, 5.41) is 12.9. The van der Waals surface area contributed by atoms with Crippen LogP contribution in [0, 0.1) is 0 Å². The van der Waals surface area contributed by atoms with Gasteiger partial charge in [0, 0.05) is 27.1 Å². The van der Waals surface area contributed by atoms with Crippen molar-refractivity contribution in [3.8, 4) is 5.75 Å². The van der Waals surface area contributed by atoms with Gasteiger partial charge in [-0.05, 0) is 25.1 Å². The van der Waals surface area contributed by atoms with Gasteiger partial charge in [0.25, 0.3) is 0 Å². The van der Waals surface area contributed by atoms with Crippen molar-refractivity contribution < 1.29 is 5.11 Å². The highest BCUT2D eigenvalue weighted by molar-refractivity contribution is 9.11. The first-order valence-electron chi connectivity index (χ1n) is 4.55. The normalized spacial score (nSPS) is 12.5. The average Bonchev–Trinajstić information content (AvgIpc) is 2.18. The first-order chi connectivity index (χ1) is 7.00. The van der Waals surface area contributed by atoms with Crippen molar-refractivity contribution in [2.45, 2.75) is 13.0 Å². The second-order valence-electron chi connectivity index (χ2n) is 3.32. The van der Waals surface area contributed by atoms with Gasteiger partial charge in [0.05, 0.1) is 0 Å². The zero-order valence-electron chi connectivity index (χ0n) is 8.43. The minimum atomic E-state index is 0.0804. The Balaban J connectivity index is 2.76. The van der Waals surface area contributed by atoms with E-state index in [2.05, 4.69) is 43.8 Å². The maximum atomic E-state index is 9.68. The molecule has 1 rings (SSSR count). The van der Waals surface area contributed by atoms with Crippen LogP contribution in [-0.4, -0.2) is 11.7 Å². The molecule has 1 atom stereocenters. The number of nitrogens with one attached hydrogen (secondary N) is 1. The standard InChI is InChI=1S/C11H13Br2NO/c1-7(12)6-14-8(2)10-5-9(13)3-4-11(10)15/h3-5,8,14-15H,1,6H2,2H3. The molecule has 0 spiro atoms. The monoisotopic (exact) mass is 333 g/mol. The minimum Gasteiger partial charge on any atom is -0.508 e. The third-order valence-corrected chi connectivity index (χ3v) is 2.83. The molecule has 15 heavy (non-hydrogen) atoms. The number of hydrogen-bond acceptors (Lipinski definition) is 2. The number of phenols is 1. The summed E-state index contributed by atoms with van der Waals surface area (Å²) in [5.74, 6) is 0.304. The molecule has 0 aromatic heterocycles. The van der Waals surface area contributed by atoms with Gasteiger partial charge in [-0.25, -0.2) is 0 Å². The Labute approximate surface area is 107 Å². The van der Waals surface area contributed by atoms with Crippen molar-refractivity contribution in [1.82, 2.24) is 5.32 Å². The molecule has 1 unspecified atom stereocenters. The van der Waals surface area contributed by atoms with Crippen LogP contribution in [-0.2, 0) is 0 Å². The van der Waals surface area contributed by atoms with Gasteiger partial charge < -0.3 is 10.4 Å². The van der Waals surface area contributed by atoms with Gasteiger partial charge in [0.2, 0.25) is 0 Å². The lowest BCUT2D eigenvalue weighted by Crippen LogP contribution is -2.19. The number of rotatable bonds is 4. The van der Waals surface area contributed by atoms with Gasteiger partial charge in [0.1, 0.15) is 5.75 Å². The van der Waals surface area contributed by atoms with E-state index in [0.717, 1.165) is 14.5 Å². The fourth-order valence-electron chi connectivity index (χ4n) is 1.25. The Bertz CT molecular complexity index is 366. The fourth-order valence-corrected chi connectivity index (χ4v) is 1.79. The zero-order valence-corrected chi connectivity index (χ0v) is 11.6. The van der Waals surface area contributed by atoms with Crippen LogP contribution < -0.4 is 5.32 Å². The van der Waals surface area contributed by atoms with Crippen LogP contribution in [0.15, 0.2) is 33.7 Å². The predicted molar refractivity (Wildman–Crippen MR) is 70.3 cm³/mol. The molecule has 0 heterocycles. The fraction of sp³-hybridized carbons (Fsp3) is 0.273. The van der Waals surface area contributed by atoms with E-state index in [1.807, 2.05) is 19.1 Å². The molecule has 0 aliphatic heterocycles. The lowest BCUT2D eigenvalue weighted by molar-refractivity contribution is 0.455. The lowest BCUT2D eigenvalue weighted by Gasteiger charge is -2.15. The van der Waals surface area contributed by atoms with Crippen molar-refractivity contribution in [3.63, 3.8) is 0 Å². The molecule has 0 saturated carbocycles. The molecular formula is C11H13Br2NO. The Morgan fingerprint density at radius 1 is 1.60 bits per heavy atom. The quantitative estimate of drug-likeness (QED) is 0.879. The summed E-state index contributed by atoms with van der Waals surface area (Å²) >= 11 is 6.66. The number of benzene rings is 1. The van der Waals surface area contributed by atoms with Crippen molar-refractivity contribution in [3.05, 3.63) is 39.3 Å². The number of hydrogen-bond donors (Lipinski definition) is 2. The number of halogens is 2. The van der Waals surface area contributed by atoms with Crippen LogP contribution in [0.25, 0.3) is 0 Å². The summed E-state index contributed by atoms with van der Waals surface area (Å²) in [6, 6.07) is 5.48. The Morgan fingerprint density at radius 2 is 2.27 bits per heavy atom. The summed E-state index contributed by atoms with van der Waals surface area (Å²) in [6.45, 7) is 6.41. The van der Waals surface area contributed by atoms with E-state index in [0.29, 0.717) is 12.3 Å². The molecule has 2 N–H and O–H groups in total. The Kier molecular flexibility index (Phi) is 4.83. The van der Waals surface area contributed by atoms with Crippen molar-refractivity contribution in [2.24, 2.45) is 0 Å². The van der Waals surface area contributed by atoms with Gasteiger partial charge in [-0.1, -0.05) is 38.4 Å². The third kappa shape index (κ3) is 3.97. The van der Waals surface area contributed by atoms with Crippen molar-refractivity contribution >= 4 is 31.9 Å². The van der Waals surface area contributed by atoms with Gasteiger partial charge in [-0.3, -0.25) is 0 Å². The zero-order chi connectivity index (χ0) is 11.4. The van der Waals surface area contributed by atoms with E-state index in [4.69, 9.17) is 0 Å². The molecule has 2 nitrogen and oxygen atoms in total. The predicted octanol–water partition coefficient (Wildman–Crippen LogP) is 3.71. The SMILES string of the molecule is C=C(Br)CNC(C)c1cc(Br)ccc1O. The van der Waals surface area contributed by atoms with E-state index in [1.54, 1.807) is 6.07 Å². The molecule has 0 saturated heterocycles. The van der Waals surface area contributed by atoms with Gasteiger partial charge in [0.15, 0.2) is 0 Å². The Hall–Kier alpha value is -0.320.